The van der Waals surface area contributed by atoms with Gasteiger partial charge in [-0.2, -0.15) is 0 Å². The number of hydrogen-bond acceptors (Lipinski definition) is 5. The van der Waals surface area contributed by atoms with E-state index >= 15 is 0 Å². The van der Waals surface area contributed by atoms with Crippen LogP contribution in [0.4, 0.5) is 5.69 Å². The molecule has 1 N–H and O–H groups in total. The van der Waals surface area contributed by atoms with Crippen LogP contribution in [0.1, 0.15) is 5.56 Å². The molecule has 0 unspecified atom stereocenters. The lowest BCUT2D eigenvalue weighted by molar-refractivity contribution is -0.384. The van der Waals surface area contributed by atoms with Crippen LogP contribution in [0.5, 0.6) is 0 Å². The lowest BCUT2D eigenvalue weighted by atomic mass is 10.2. The van der Waals surface area contributed by atoms with Gasteiger partial charge in [-0.05, 0) is 23.8 Å². The third-order valence-electron chi connectivity index (χ3n) is 2.04. The van der Waals surface area contributed by atoms with Gasteiger partial charge in [0.15, 0.2) is 0 Å². The van der Waals surface area contributed by atoms with Gasteiger partial charge in [0.05, 0.1) is 9.83 Å². The van der Waals surface area contributed by atoms with Gasteiger partial charge in [0, 0.05) is 12.1 Å². The van der Waals surface area contributed by atoms with Crippen molar-refractivity contribution in [3.05, 3.63) is 44.8 Å². The van der Waals surface area contributed by atoms with E-state index in [4.69, 9.17) is 12.2 Å². The monoisotopic (exact) mass is 266 g/mol. The number of carbonyl (C=O) groups excluding carboxylic acids is 1. The highest BCUT2D eigenvalue weighted by molar-refractivity contribution is 8.26. The number of nitrogens with one attached hydrogen (secondary N) is 1. The highest BCUT2D eigenvalue weighted by Gasteiger charge is 2.21. The van der Waals surface area contributed by atoms with Gasteiger partial charge < -0.3 is 5.32 Å². The molecule has 1 amide bonds. The first-order chi connectivity index (χ1) is 8.06. The number of nitro benzene ring substituents is 1. The summed E-state index contributed by atoms with van der Waals surface area (Å²) in [6.07, 6.45) is 1.64. The number of nitrogens with zero attached hydrogens (tertiary/aromatic N) is 1. The van der Waals surface area contributed by atoms with Gasteiger partial charge in [0.1, 0.15) is 4.32 Å². The van der Waals surface area contributed by atoms with Gasteiger partial charge in [0.2, 0.25) is 0 Å². The van der Waals surface area contributed by atoms with E-state index in [9.17, 15) is 14.9 Å². The van der Waals surface area contributed by atoms with Crippen LogP contribution in [0.2, 0.25) is 0 Å². The quantitative estimate of drug-likeness (QED) is 0.384. The molecule has 86 valence electrons. The summed E-state index contributed by atoms with van der Waals surface area (Å²) in [6.45, 7) is 0. The second kappa shape index (κ2) is 4.64. The molecular weight excluding hydrogens is 260 g/mol. The molecule has 7 heteroatoms. The first-order valence-electron chi connectivity index (χ1n) is 4.55. The molecule has 0 spiro atoms. The molecule has 0 bridgehead atoms. The molecular formula is C10H6N2O3S2. The standard InChI is InChI=1S/C10H6N2O3S2/c13-9-8(17-10(16)11-9)5-6-1-3-7(4-2-6)12(14)15/h1-5H,(H,11,13,16). The van der Waals surface area contributed by atoms with Crippen LogP contribution in [0.25, 0.3) is 6.08 Å². The number of non-ortho nitro benzene ring substituents is 1. The summed E-state index contributed by atoms with van der Waals surface area (Å²) in [5, 5.41) is 13.0. The number of hydrogen-bond donors (Lipinski definition) is 1. The fraction of sp³-hybridized carbons (Fsp3) is 0. The number of rotatable bonds is 2. The van der Waals surface area contributed by atoms with Gasteiger partial charge >= 0.3 is 0 Å². The predicted molar refractivity (Wildman–Crippen MR) is 69.4 cm³/mol. The third kappa shape index (κ3) is 2.69. The highest BCUT2D eigenvalue weighted by Crippen LogP contribution is 2.26. The lowest BCUT2D eigenvalue weighted by Crippen LogP contribution is -2.17. The smallest absolute Gasteiger partial charge is 0.269 e. The predicted octanol–water partition coefficient (Wildman–Crippen LogP) is 2.08. The van der Waals surface area contributed by atoms with E-state index in [1.165, 1.54) is 23.9 Å². The SMILES string of the molecule is O=C1NC(=S)SC1=Cc1ccc([N+](=O)[O-])cc1. The number of thioether (sulfide) groups is 1. The van der Waals surface area contributed by atoms with E-state index in [0.717, 1.165) is 5.56 Å². The van der Waals surface area contributed by atoms with Crippen molar-refractivity contribution >= 4 is 46.0 Å². The molecule has 1 aromatic rings. The summed E-state index contributed by atoms with van der Waals surface area (Å²) >= 11 is 6.02. The highest BCUT2D eigenvalue weighted by atomic mass is 32.2. The van der Waals surface area contributed by atoms with Crippen LogP contribution < -0.4 is 5.32 Å². The maximum Gasteiger partial charge on any atom is 0.269 e. The number of thiocarbonyl (C=S) groups is 1. The summed E-state index contributed by atoms with van der Waals surface area (Å²) in [5.74, 6) is -0.238. The molecule has 1 saturated heterocycles. The topological polar surface area (TPSA) is 72.2 Å². The van der Waals surface area contributed by atoms with Crippen molar-refractivity contribution in [1.29, 1.82) is 0 Å². The summed E-state index contributed by atoms with van der Waals surface area (Å²) in [4.78, 5) is 21.8. The van der Waals surface area contributed by atoms with E-state index in [1.807, 2.05) is 0 Å². The van der Waals surface area contributed by atoms with Crippen molar-refractivity contribution in [2.24, 2.45) is 0 Å². The van der Waals surface area contributed by atoms with Crippen LogP contribution in [0.15, 0.2) is 29.2 Å². The van der Waals surface area contributed by atoms with Crippen molar-refractivity contribution in [2.45, 2.75) is 0 Å². The molecule has 1 aromatic carbocycles. The van der Waals surface area contributed by atoms with Crippen LogP contribution >= 0.6 is 24.0 Å². The Morgan fingerprint density at radius 1 is 1.35 bits per heavy atom. The average molecular weight is 266 g/mol. The minimum absolute atomic E-state index is 0.0196. The Balaban J connectivity index is 2.24. The van der Waals surface area contributed by atoms with Gasteiger partial charge in [-0.15, -0.1) is 0 Å². The summed E-state index contributed by atoms with van der Waals surface area (Å²) in [5.41, 5.74) is 0.740. The number of carbonyl (C=O) groups is 1. The summed E-state index contributed by atoms with van der Waals surface area (Å²) in [6, 6.07) is 5.95. The molecule has 17 heavy (non-hydrogen) atoms. The largest absolute Gasteiger partial charge is 0.307 e. The molecule has 0 saturated carbocycles. The molecule has 1 aliphatic rings. The molecule has 0 radical (unpaired) electrons. The van der Waals surface area contributed by atoms with Crippen molar-refractivity contribution < 1.29 is 9.72 Å². The molecule has 1 fully saturated rings. The Bertz CT molecular complexity index is 537. The van der Waals surface area contributed by atoms with E-state index in [-0.39, 0.29) is 11.6 Å². The Kier molecular flexibility index (Phi) is 3.21. The first-order valence-corrected chi connectivity index (χ1v) is 5.78. The second-order valence-corrected chi connectivity index (χ2v) is 4.92. The van der Waals surface area contributed by atoms with Crippen molar-refractivity contribution in [3.8, 4) is 0 Å². The molecule has 5 nitrogen and oxygen atoms in total. The van der Waals surface area contributed by atoms with Crippen molar-refractivity contribution in [3.63, 3.8) is 0 Å². The Morgan fingerprint density at radius 3 is 2.47 bits per heavy atom. The van der Waals surface area contributed by atoms with Gasteiger partial charge in [-0.25, -0.2) is 0 Å². The zero-order valence-electron chi connectivity index (χ0n) is 8.38. The fourth-order valence-corrected chi connectivity index (χ4v) is 2.31. The normalized spacial score (nSPS) is 17.3. The number of benzene rings is 1. The zero-order valence-corrected chi connectivity index (χ0v) is 10.0. The van der Waals surface area contributed by atoms with Gasteiger partial charge in [-0.3, -0.25) is 14.9 Å². The van der Waals surface area contributed by atoms with Gasteiger partial charge in [-0.1, -0.05) is 24.0 Å². The summed E-state index contributed by atoms with van der Waals surface area (Å²) < 4.78 is 0.420. The van der Waals surface area contributed by atoms with E-state index in [1.54, 1.807) is 18.2 Å². The molecule has 2 rings (SSSR count). The van der Waals surface area contributed by atoms with Crippen LogP contribution in [-0.2, 0) is 4.79 Å². The van der Waals surface area contributed by atoms with Crippen LogP contribution in [0, 0.1) is 10.1 Å². The Labute approximate surface area is 106 Å². The van der Waals surface area contributed by atoms with Crippen molar-refractivity contribution in [1.82, 2.24) is 5.32 Å². The molecule has 1 heterocycles. The van der Waals surface area contributed by atoms with Crippen LogP contribution in [-0.4, -0.2) is 15.2 Å². The minimum Gasteiger partial charge on any atom is -0.307 e. The minimum atomic E-state index is -0.469. The lowest BCUT2D eigenvalue weighted by Gasteiger charge is -1.95. The number of amides is 1. The Morgan fingerprint density at radius 2 is 2.00 bits per heavy atom. The van der Waals surface area contributed by atoms with Gasteiger partial charge in [0.25, 0.3) is 11.6 Å². The fourth-order valence-electron chi connectivity index (χ4n) is 1.26. The molecule has 0 atom stereocenters. The van der Waals surface area contributed by atoms with E-state index in [0.29, 0.717) is 9.23 Å². The average Bonchev–Trinajstić information content (AvgIpc) is 2.58. The van der Waals surface area contributed by atoms with Crippen LogP contribution in [0.3, 0.4) is 0 Å². The first kappa shape index (κ1) is 11.7. The zero-order chi connectivity index (χ0) is 12.4. The molecule has 0 aliphatic carbocycles. The Hall–Kier alpha value is -1.73. The van der Waals surface area contributed by atoms with E-state index in [2.05, 4.69) is 5.32 Å². The summed E-state index contributed by atoms with van der Waals surface area (Å²) in [7, 11) is 0. The maximum atomic E-state index is 11.4. The molecule has 0 aromatic heterocycles. The molecule has 1 aliphatic heterocycles. The third-order valence-corrected chi connectivity index (χ3v) is 3.21. The van der Waals surface area contributed by atoms with E-state index < -0.39 is 4.92 Å². The van der Waals surface area contributed by atoms with Crippen molar-refractivity contribution in [2.75, 3.05) is 0 Å². The second-order valence-electron chi connectivity index (χ2n) is 3.20. The maximum absolute atomic E-state index is 11.4. The number of nitro groups is 1.